The summed E-state index contributed by atoms with van der Waals surface area (Å²) in [7, 11) is 1.61. The number of amides is 1. The van der Waals surface area contributed by atoms with Crippen molar-refractivity contribution >= 4 is 16.9 Å². The molecule has 0 radical (unpaired) electrons. The predicted molar refractivity (Wildman–Crippen MR) is 142 cm³/mol. The first-order valence-electron chi connectivity index (χ1n) is 13.4. The van der Waals surface area contributed by atoms with Crippen LogP contribution in [0.1, 0.15) is 67.6 Å². The zero-order chi connectivity index (χ0) is 25.5. The van der Waals surface area contributed by atoms with Crippen LogP contribution in [0.15, 0.2) is 53.3 Å². The van der Waals surface area contributed by atoms with Crippen LogP contribution in [0.4, 0.5) is 0 Å². The smallest absolute Gasteiger partial charge is 0.251 e. The number of hydrogen-bond donors (Lipinski definition) is 1. The van der Waals surface area contributed by atoms with Crippen LogP contribution in [0.2, 0.25) is 0 Å². The number of aryl methyl sites for hydroxylation is 2. The van der Waals surface area contributed by atoms with Crippen molar-refractivity contribution in [2.45, 2.75) is 64.3 Å². The molecule has 0 bridgehead atoms. The first kappa shape index (κ1) is 25.0. The molecule has 1 saturated carbocycles. The van der Waals surface area contributed by atoms with Crippen molar-refractivity contribution in [2.75, 3.05) is 13.7 Å². The van der Waals surface area contributed by atoms with Gasteiger partial charge in [-0.15, -0.1) is 0 Å². The van der Waals surface area contributed by atoms with E-state index >= 15 is 0 Å². The summed E-state index contributed by atoms with van der Waals surface area (Å²) in [6.07, 6.45) is 12.2. The van der Waals surface area contributed by atoms with Crippen molar-refractivity contribution in [3.8, 4) is 17.1 Å². The first-order chi connectivity index (χ1) is 18.2. The highest BCUT2D eigenvalue weighted by Crippen LogP contribution is 2.29. The first-order valence-corrected chi connectivity index (χ1v) is 13.4. The van der Waals surface area contributed by atoms with Crippen LogP contribution in [0, 0.1) is 5.92 Å². The lowest BCUT2D eigenvalue weighted by Crippen LogP contribution is -2.24. The van der Waals surface area contributed by atoms with Gasteiger partial charge < -0.3 is 19.1 Å². The second-order valence-electron chi connectivity index (χ2n) is 9.89. The fourth-order valence-electron chi connectivity index (χ4n) is 5.11. The van der Waals surface area contributed by atoms with E-state index in [0.717, 1.165) is 72.8 Å². The highest BCUT2D eigenvalue weighted by Gasteiger charge is 2.17. The third kappa shape index (κ3) is 6.37. The number of hydrogen-bond acceptors (Lipinski definition) is 6. The van der Waals surface area contributed by atoms with Crippen LogP contribution < -0.4 is 10.1 Å². The van der Waals surface area contributed by atoms with Gasteiger partial charge in [0.2, 0.25) is 11.7 Å². The zero-order valence-corrected chi connectivity index (χ0v) is 21.5. The summed E-state index contributed by atoms with van der Waals surface area (Å²) in [5.74, 6) is 2.87. The third-order valence-electron chi connectivity index (χ3n) is 7.30. The maximum absolute atomic E-state index is 12.2. The number of unbranched alkanes of at least 4 members (excludes halogenated alkanes) is 2. The molecule has 1 N–H and O–H groups in total. The average molecular weight is 502 g/mol. The number of aromatic nitrogens is 4. The fourth-order valence-corrected chi connectivity index (χ4v) is 5.11. The number of fused-ring (bicyclic) bond motifs is 1. The number of carbonyl (C=O) groups excluding carboxylic acids is 1. The molecule has 2 aromatic heterocycles. The van der Waals surface area contributed by atoms with E-state index in [1.165, 1.54) is 25.7 Å². The van der Waals surface area contributed by atoms with E-state index in [1.54, 1.807) is 31.4 Å². The Hall–Kier alpha value is -3.68. The summed E-state index contributed by atoms with van der Waals surface area (Å²) in [5.41, 5.74) is 3.61. The molecule has 4 aromatic rings. The van der Waals surface area contributed by atoms with Crippen molar-refractivity contribution in [1.82, 2.24) is 25.0 Å². The largest absolute Gasteiger partial charge is 0.497 e. The van der Waals surface area contributed by atoms with E-state index in [4.69, 9.17) is 9.26 Å². The van der Waals surface area contributed by atoms with Crippen molar-refractivity contribution in [2.24, 2.45) is 5.92 Å². The number of ether oxygens (including phenoxy) is 1. The van der Waals surface area contributed by atoms with Gasteiger partial charge in [-0.3, -0.25) is 4.79 Å². The van der Waals surface area contributed by atoms with Gasteiger partial charge in [0.1, 0.15) is 5.75 Å². The summed E-state index contributed by atoms with van der Waals surface area (Å²) in [5, 5.41) is 7.19. The van der Waals surface area contributed by atoms with Gasteiger partial charge in [0, 0.05) is 30.6 Å². The van der Waals surface area contributed by atoms with Crippen LogP contribution >= 0.6 is 0 Å². The Morgan fingerprint density at radius 1 is 1.11 bits per heavy atom. The number of imidazole rings is 1. The third-order valence-corrected chi connectivity index (χ3v) is 7.30. The molecule has 1 aliphatic rings. The second-order valence-corrected chi connectivity index (χ2v) is 9.89. The van der Waals surface area contributed by atoms with Gasteiger partial charge in [0.25, 0.3) is 5.91 Å². The van der Waals surface area contributed by atoms with E-state index in [-0.39, 0.29) is 5.91 Å². The number of methoxy groups -OCH3 is 1. The Kier molecular flexibility index (Phi) is 8.13. The molecule has 1 amide bonds. The molecule has 8 nitrogen and oxygen atoms in total. The molecule has 0 saturated heterocycles. The summed E-state index contributed by atoms with van der Waals surface area (Å²) >= 11 is 0. The Bertz CT molecular complexity index is 1300. The minimum absolute atomic E-state index is 0.0541. The van der Waals surface area contributed by atoms with Crippen LogP contribution in [0.3, 0.4) is 0 Å². The molecular formula is C29H35N5O3. The maximum atomic E-state index is 12.2. The van der Waals surface area contributed by atoms with Crippen molar-refractivity contribution < 1.29 is 14.1 Å². The Morgan fingerprint density at radius 3 is 2.76 bits per heavy atom. The van der Waals surface area contributed by atoms with Crippen LogP contribution in [0.25, 0.3) is 22.4 Å². The molecule has 0 aliphatic heterocycles. The minimum atomic E-state index is -0.0541. The quantitative estimate of drug-likeness (QED) is 0.246. The lowest BCUT2D eigenvalue weighted by atomic mass is 10.0. The topological polar surface area (TPSA) is 95.1 Å². The van der Waals surface area contributed by atoms with E-state index < -0.39 is 0 Å². The normalized spacial score (nSPS) is 13.9. The monoisotopic (exact) mass is 501 g/mol. The molecule has 0 spiro atoms. The van der Waals surface area contributed by atoms with Gasteiger partial charge >= 0.3 is 0 Å². The molecule has 194 valence electrons. The van der Waals surface area contributed by atoms with Crippen molar-refractivity contribution in [3.05, 3.63) is 60.2 Å². The Balaban J connectivity index is 1.07. The lowest BCUT2D eigenvalue weighted by Gasteiger charge is -2.07. The summed E-state index contributed by atoms with van der Waals surface area (Å²) < 4.78 is 12.8. The molecule has 5 rings (SSSR count). The molecule has 8 heteroatoms. The van der Waals surface area contributed by atoms with Crippen LogP contribution in [-0.2, 0) is 13.0 Å². The molecule has 1 aliphatic carbocycles. The number of carbonyl (C=O) groups is 1. The van der Waals surface area contributed by atoms with Crippen molar-refractivity contribution in [1.29, 1.82) is 0 Å². The summed E-state index contributed by atoms with van der Waals surface area (Å²) in [6, 6.07) is 13.3. The Labute approximate surface area is 217 Å². The fraction of sp³-hybridized carbons (Fsp3) is 0.448. The molecule has 2 heterocycles. The standard InChI is InChI=1S/C29H35N5O3/c1-36-24-13-10-22(11-14-24)29(35)30-17-5-2-6-18-34-20-31-25-19-23(12-15-26(25)34)28-32-27(37-33-28)16-9-21-7-3-4-8-21/h10-15,19-21H,2-9,16-18H2,1H3,(H,30,35). The Morgan fingerprint density at radius 2 is 1.95 bits per heavy atom. The number of nitrogens with zero attached hydrogens (tertiary/aromatic N) is 4. The number of nitrogens with one attached hydrogen (secondary N) is 1. The molecule has 0 unspecified atom stereocenters. The summed E-state index contributed by atoms with van der Waals surface area (Å²) in [6.45, 7) is 1.54. The second kappa shape index (κ2) is 12.0. The minimum Gasteiger partial charge on any atom is -0.497 e. The highest BCUT2D eigenvalue weighted by molar-refractivity contribution is 5.94. The lowest BCUT2D eigenvalue weighted by molar-refractivity contribution is 0.0953. The van der Waals surface area contributed by atoms with Gasteiger partial charge in [-0.25, -0.2) is 4.98 Å². The molecular weight excluding hydrogens is 466 g/mol. The molecule has 37 heavy (non-hydrogen) atoms. The van der Waals surface area contributed by atoms with E-state index in [9.17, 15) is 4.79 Å². The van der Waals surface area contributed by atoms with Gasteiger partial charge in [-0.2, -0.15) is 4.98 Å². The van der Waals surface area contributed by atoms with Gasteiger partial charge in [0.15, 0.2) is 0 Å². The molecule has 0 atom stereocenters. The number of benzene rings is 2. The van der Waals surface area contributed by atoms with Crippen molar-refractivity contribution in [3.63, 3.8) is 0 Å². The van der Waals surface area contributed by atoms with Crippen LogP contribution in [0.5, 0.6) is 5.75 Å². The van der Waals surface area contributed by atoms with Crippen LogP contribution in [-0.4, -0.2) is 39.3 Å². The van der Waals surface area contributed by atoms with E-state index in [0.29, 0.717) is 17.9 Å². The SMILES string of the molecule is COc1ccc(C(=O)NCCCCCn2cnc3cc(-c4noc(CCC5CCCC5)n4)ccc32)cc1. The van der Waals surface area contributed by atoms with E-state index in [1.807, 2.05) is 18.5 Å². The predicted octanol–water partition coefficient (Wildman–Crippen LogP) is 5.82. The zero-order valence-electron chi connectivity index (χ0n) is 21.5. The number of rotatable bonds is 12. The van der Waals surface area contributed by atoms with E-state index in [2.05, 4.69) is 31.1 Å². The summed E-state index contributed by atoms with van der Waals surface area (Å²) in [4.78, 5) is 21.5. The van der Waals surface area contributed by atoms with Gasteiger partial charge in [-0.05, 0) is 74.1 Å². The van der Waals surface area contributed by atoms with Gasteiger partial charge in [0.05, 0.1) is 24.5 Å². The van der Waals surface area contributed by atoms with Gasteiger partial charge in [-0.1, -0.05) is 30.8 Å². The molecule has 1 fully saturated rings. The average Bonchev–Trinajstić information content (AvgIpc) is 3.70. The maximum Gasteiger partial charge on any atom is 0.251 e. The highest BCUT2D eigenvalue weighted by atomic mass is 16.5. The molecule has 2 aromatic carbocycles.